The molecule has 0 aliphatic heterocycles. The van der Waals surface area contributed by atoms with Crippen molar-refractivity contribution in [1.29, 1.82) is 0 Å². The highest BCUT2D eigenvalue weighted by molar-refractivity contribution is 5.74. The molecule has 3 nitrogen and oxygen atoms in total. The topological polar surface area (TPSA) is 49.3 Å². The lowest BCUT2D eigenvalue weighted by Gasteiger charge is -2.34. The zero-order valence-electron chi connectivity index (χ0n) is 9.73. The van der Waals surface area contributed by atoms with Crippen molar-refractivity contribution in [2.24, 2.45) is 11.8 Å². The maximum atomic E-state index is 10.9. The molecule has 3 heteroatoms. The van der Waals surface area contributed by atoms with Crippen LogP contribution in [0.1, 0.15) is 31.2 Å². The molecule has 1 amide bonds. The van der Waals surface area contributed by atoms with Gasteiger partial charge in [-0.3, -0.25) is 4.79 Å². The normalized spacial score (nSPS) is 34.9. The minimum absolute atomic E-state index is 0.363. The number of hydrogen-bond acceptors (Lipinski definition) is 2. The van der Waals surface area contributed by atoms with E-state index < -0.39 is 5.60 Å². The van der Waals surface area contributed by atoms with Crippen molar-refractivity contribution in [3.05, 3.63) is 29.8 Å². The van der Waals surface area contributed by atoms with Crippen molar-refractivity contribution in [2.75, 3.05) is 5.32 Å². The van der Waals surface area contributed by atoms with Crippen molar-refractivity contribution in [2.45, 2.75) is 31.3 Å². The third-order valence-corrected chi connectivity index (χ3v) is 4.42. The quantitative estimate of drug-likeness (QED) is 0.784. The molecule has 0 aromatic heterocycles. The van der Waals surface area contributed by atoms with E-state index in [0.717, 1.165) is 30.5 Å². The Morgan fingerprint density at radius 3 is 2.82 bits per heavy atom. The predicted molar refractivity (Wildman–Crippen MR) is 65.5 cm³/mol. The van der Waals surface area contributed by atoms with Gasteiger partial charge in [0.05, 0.1) is 5.60 Å². The molecule has 0 spiro atoms. The van der Waals surface area contributed by atoms with Gasteiger partial charge in [0, 0.05) is 11.3 Å². The number of fused-ring (bicyclic) bond motifs is 2. The van der Waals surface area contributed by atoms with Crippen LogP contribution in [0.15, 0.2) is 24.3 Å². The largest absolute Gasteiger partial charge is 0.385 e. The average molecular weight is 231 g/mol. The second-order valence-corrected chi connectivity index (χ2v) is 5.31. The van der Waals surface area contributed by atoms with Crippen LogP contribution in [0, 0.1) is 11.8 Å². The molecular formula is C14H17NO2. The van der Waals surface area contributed by atoms with Gasteiger partial charge in [-0.2, -0.15) is 0 Å². The highest BCUT2D eigenvalue weighted by Crippen LogP contribution is 2.56. The van der Waals surface area contributed by atoms with Crippen LogP contribution in [-0.2, 0) is 10.4 Å². The summed E-state index contributed by atoms with van der Waals surface area (Å²) >= 11 is 0. The summed E-state index contributed by atoms with van der Waals surface area (Å²) in [5, 5.41) is 13.6. The number of benzene rings is 1. The van der Waals surface area contributed by atoms with E-state index in [1.165, 1.54) is 6.42 Å². The summed E-state index contributed by atoms with van der Waals surface area (Å²) in [5.74, 6) is 1.02. The van der Waals surface area contributed by atoms with E-state index in [4.69, 9.17) is 0 Å². The standard InChI is InChI=1S/C14H17NO2/c16-9-15-13-4-2-1-3-12(13)14(17)8-10-5-6-11(14)7-10/h1-4,9-11,17H,5-8H2,(H,15,16). The number of anilines is 1. The summed E-state index contributed by atoms with van der Waals surface area (Å²) < 4.78 is 0. The van der Waals surface area contributed by atoms with Gasteiger partial charge in [0.25, 0.3) is 0 Å². The molecule has 2 aliphatic rings. The van der Waals surface area contributed by atoms with Gasteiger partial charge in [0.15, 0.2) is 0 Å². The summed E-state index contributed by atoms with van der Waals surface area (Å²) in [4.78, 5) is 10.6. The lowest BCUT2D eigenvalue weighted by atomic mass is 9.78. The van der Waals surface area contributed by atoms with Crippen LogP contribution in [-0.4, -0.2) is 11.5 Å². The zero-order chi connectivity index (χ0) is 11.9. The van der Waals surface area contributed by atoms with Crippen LogP contribution < -0.4 is 5.32 Å². The fourth-order valence-corrected chi connectivity index (χ4v) is 3.68. The first kappa shape index (κ1) is 10.8. The molecule has 2 saturated carbocycles. The first-order valence-corrected chi connectivity index (χ1v) is 6.26. The fraction of sp³-hybridized carbons (Fsp3) is 0.500. The van der Waals surface area contributed by atoms with Gasteiger partial charge in [-0.25, -0.2) is 0 Å². The lowest BCUT2D eigenvalue weighted by molar-refractivity contribution is -0.105. The number of carbonyl (C=O) groups is 1. The summed E-state index contributed by atoms with van der Waals surface area (Å²) in [6, 6.07) is 7.60. The van der Waals surface area contributed by atoms with Gasteiger partial charge in [-0.15, -0.1) is 0 Å². The summed E-state index contributed by atoms with van der Waals surface area (Å²) in [7, 11) is 0. The number of amides is 1. The Morgan fingerprint density at radius 1 is 1.35 bits per heavy atom. The lowest BCUT2D eigenvalue weighted by Crippen LogP contribution is -2.33. The molecule has 0 radical (unpaired) electrons. The van der Waals surface area contributed by atoms with E-state index in [-0.39, 0.29) is 0 Å². The molecule has 2 N–H and O–H groups in total. The minimum Gasteiger partial charge on any atom is -0.385 e. The molecule has 1 aromatic carbocycles. The minimum atomic E-state index is -0.727. The van der Waals surface area contributed by atoms with E-state index in [0.29, 0.717) is 18.2 Å². The van der Waals surface area contributed by atoms with Crippen LogP contribution in [0.4, 0.5) is 5.69 Å². The Kier molecular flexibility index (Phi) is 2.44. The van der Waals surface area contributed by atoms with Crippen LogP contribution in [0.25, 0.3) is 0 Å². The SMILES string of the molecule is O=CNc1ccccc1C1(O)CC2CCC1C2. The molecular weight excluding hydrogens is 214 g/mol. The second kappa shape index (κ2) is 3.84. The molecule has 0 heterocycles. The van der Waals surface area contributed by atoms with Gasteiger partial charge in [0.2, 0.25) is 6.41 Å². The molecule has 3 unspecified atom stereocenters. The maximum Gasteiger partial charge on any atom is 0.211 e. The van der Waals surface area contributed by atoms with E-state index >= 15 is 0 Å². The van der Waals surface area contributed by atoms with E-state index in [2.05, 4.69) is 5.32 Å². The maximum absolute atomic E-state index is 10.9. The number of para-hydroxylation sites is 1. The monoisotopic (exact) mass is 231 g/mol. The third-order valence-electron chi connectivity index (χ3n) is 4.42. The summed E-state index contributed by atoms with van der Waals surface area (Å²) in [5.41, 5.74) is 0.909. The summed E-state index contributed by atoms with van der Waals surface area (Å²) in [6.45, 7) is 0. The number of aliphatic hydroxyl groups is 1. The molecule has 3 rings (SSSR count). The second-order valence-electron chi connectivity index (χ2n) is 5.31. The summed E-state index contributed by atoms with van der Waals surface area (Å²) in [6.07, 6.45) is 5.00. The average Bonchev–Trinajstić information content (AvgIpc) is 2.90. The van der Waals surface area contributed by atoms with Gasteiger partial charge in [0.1, 0.15) is 0 Å². The van der Waals surface area contributed by atoms with Crippen molar-refractivity contribution in [3.8, 4) is 0 Å². The molecule has 2 bridgehead atoms. The Morgan fingerprint density at radius 2 is 2.18 bits per heavy atom. The fourth-order valence-electron chi connectivity index (χ4n) is 3.68. The van der Waals surface area contributed by atoms with Crippen LogP contribution >= 0.6 is 0 Å². The zero-order valence-corrected chi connectivity index (χ0v) is 9.73. The first-order chi connectivity index (χ1) is 8.24. The molecule has 0 saturated heterocycles. The van der Waals surface area contributed by atoms with Crippen molar-refractivity contribution in [3.63, 3.8) is 0 Å². The highest BCUT2D eigenvalue weighted by Gasteiger charge is 2.51. The van der Waals surface area contributed by atoms with Crippen molar-refractivity contribution < 1.29 is 9.90 Å². The number of rotatable bonds is 3. The van der Waals surface area contributed by atoms with Crippen LogP contribution in [0.2, 0.25) is 0 Å². The molecule has 2 aliphatic carbocycles. The van der Waals surface area contributed by atoms with E-state index in [1.54, 1.807) is 0 Å². The Labute approximate surface area is 101 Å². The van der Waals surface area contributed by atoms with Crippen molar-refractivity contribution in [1.82, 2.24) is 0 Å². The van der Waals surface area contributed by atoms with Gasteiger partial charge in [-0.05, 0) is 43.6 Å². The van der Waals surface area contributed by atoms with E-state index in [9.17, 15) is 9.90 Å². The van der Waals surface area contributed by atoms with Crippen molar-refractivity contribution >= 4 is 12.1 Å². The molecule has 3 atom stereocenters. The van der Waals surface area contributed by atoms with Crippen LogP contribution in [0.5, 0.6) is 0 Å². The van der Waals surface area contributed by atoms with Gasteiger partial charge < -0.3 is 10.4 Å². The molecule has 2 fully saturated rings. The van der Waals surface area contributed by atoms with E-state index in [1.807, 2.05) is 24.3 Å². The Bertz CT molecular complexity index is 446. The Hall–Kier alpha value is -1.35. The molecule has 17 heavy (non-hydrogen) atoms. The van der Waals surface area contributed by atoms with Crippen LogP contribution in [0.3, 0.4) is 0 Å². The highest BCUT2D eigenvalue weighted by atomic mass is 16.3. The number of hydrogen-bond donors (Lipinski definition) is 2. The Balaban J connectivity index is 2.01. The molecule has 90 valence electrons. The smallest absolute Gasteiger partial charge is 0.211 e. The molecule has 1 aromatic rings. The third kappa shape index (κ3) is 1.57. The number of carbonyl (C=O) groups excluding carboxylic acids is 1. The van der Waals surface area contributed by atoms with Gasteiger partial charge in [-0.1, -0.05) is 18.2 Å². The first-order valence-electron chi connectivity index (χ1n) is 6.26. The van der Waals surface area contributed by atoms with Gasteiger partial charge >= 0.3 is 0 Å². The number of nitrogens with one attached hydrogen (secondary N) is 1. The predicted octanol–water partition coefficient (Wildman–Crippen LogP) is 2.26.